The number of alkyl halides is 2. The van der Waals surface area contributed by atoms with E-state index in [4.69, 9.17) is 10.4 Å². The van der Waals surface area contributed by atoms with Crippen molar-refractivity contribution < 1.29 is 23.1 Å². The third-order valence-electron chi connectivity index (χ3n) is 1.60. The molecule has 0 aliphatic carbocycles. The number of nitriles is 1. The zero-order valence-corrected chi connectivity index (χ0v) is 7.04. The highest BCUT2D eigenvalue weighted by molar-refractivity contribution is 5.86. The van der Waals surface area contributed by atoms with E-state index in [0.29, 0.717) is 6.20 Å². The SMILES string of the molecule is N#Cc1cnc(C(=O)O)c(F)c1C(F)F. The number of pyridine rings is 1. The standard InChI is InChI=1S/C8H3F3N2O2/c9-5-4(7(10)11)3(1-12)2-13-6(5)8(14)15/h2,7H,(H,14,15). The van der Waals surface area contributed by atoms with E-state index in [1.165, 1.54) is 6.07 Å². The van der Waals surface area contributed by atoms with Crippen molar-refractivity contribution in [3.05, 3.63) is 28.8 Å². The smallest absolute Gasteiger partial charge is 0.357 e. The molecule has 1 aromatic rings. The van der Waals surface area contributed by atoms with Crippen LogP contribution in [0.4, 0.5) is 13.2 Å². The predicted octanol–water partition coefficient (Wildman–Crippen LogP) is 1.73. The van der Waals surface area contributed by atoms with Gasteiger partial charge in [0, 0.05) is 6.20 Å². The summed E-state index contributed by atoms with van der Waals surface area (Å²) in [5, 5.41) is 16.8. The van der Waals surface area contributed by atoms with Gasteiger partial charge in [-0.2, -0.15) is 5.26 Å². The average molecular weight is 216 g/mol. The molecule has 0 atom stereocenters. The van der Waals surface area contributed by atoms with Gasteiger partial charge in [0.2, 0.25) is 0 Å². The van der Waals surface area contributed by atoms with E-state index < -0.39 is 35.0 Å². The average Bonchev–Trinajstić information content (AvgIpc) is 2.15. The van der Waals surface area contributed by atoms with Crippen molar-refractivity contribution in [2.75, 3.05) is 0 Å². The second kappa shape index (κ2) is 3.96. The molecule has 7 heteroatoms. The number of carboxylic acid groups (broad SMARTS) is 1. The summed E-state index contributed by atoms with van der Waals surface area (Å²) in [6.07, 6.45) is -2.66. The number of rotatable bonds is 2. The molecule has 0 radical (unpaired) electrons. The highest BCUT2D eigenvalue weighted by Gasteiger charge is 2.25. The zero-order chi connectivity index (χ0) is 11.6. The molecule has 15 heavy (non-hydrogen) atoms. The predicted molar refractivity (Wildman–Crippen MR) is 40.8 cm³/mol. The molecule has 0 aliphatic rings. The summed E-state index contributed by atoms with van der Waals surface area (Å²) in [6.45, 7) is 0. The van der Waals surface area contributed by atoms with Gasteiger partial charge in [0.25, 0.3) is 6.43 Å². The molecule has 1 heterocycles. The Morgan fingerprint density at radius 1 is 1.60 bits per heavy atom. The van der Waals surface area contributed by atoms with Gasteiger partial charge in [-0.05, 0) is 0 Å². The van der Waals surface area contributed by atoms with Gasteiger partial charge >= 0.3 is 5.97 Å². The number of hydrogen-bond acceptors (Lipinski definition) is 3. The molecule has 78 valence electrons. The van der Waals surface area contributed by atoms with Crippen LogP contribution in [0.3, 0.4) is 0 Å². The van der Waals surface area contributed by atoms with E-state index in [2.05, 4.69) is 4.98 Å². The summed E-state index contributed by atoms with van der Waals surface area (Å²) in [5.74, 6) is -3.43. The minimum absolute atomic E-state index is 0.605. The first-order chi connectivity index (χ1) is 6.99. The molecule has 0 unspecified atom stereocenters. The van der Waals surface area contributed by atoms with Crippen molar-refractivity contribution in [1.82, 2.24) is 4.98 Å². The fourth-order valence-corrected chi connectivity index (χ4v) is 0.953. The van der Waals surface area contributed by atoms with Crippen LogP contribution in [0.15, 0.2) is 6.20 Å². The zero-order valence-electron chi connectivity index (χ0n) is 7.04. The minimum Gasteiger partial charge on any atom is -0.476 e. The molecule has 1 aromatic heterocycles. The van der Waals surface area contributed by atoms with Crippen LogP contribution in [0.5, 0.6) is 0 Å². The Morgan fingerprint density at radius 3 is 2.60 bits per heavy atom. The van der Waals surface area contributed by atoms with Gasteiger partial charge in [0.05, 0.1) is 11.1 Å². The topological polar surface area (TPSA) is 74.0 Å². The largest absolute Gasteiger partial charge is 0.476 e. The molecule has 0 aliphatic heterocycles. The van der Waals surface area contributed by atoms with Crippen molar-refractivity contribution >= 4 is 5.97 Å². The van der Waals surface area contributed by atoms with E-state index in [1.54, 1.807) is 0 Å². The van der Waals surface area contributed by atoms with Gasteiger partial charge in [0.15, 0.2) is 11.5 Å². The summed E-state index contributed by atoms with van der Waals surface area (Å²) < 4.78 is 37.8. The second-order valence-electron chi connectivity index (χ2n) is 2.47. The first-order valence-corrected chi connectivity index (χ1v) is 3.59. The Morgan fingerprint density at radius 2 is 2.20 bits per heavy atom. The van der Waals surface area contributed by atoms with E-state index in [1.807, 2.05) is 0 Å². The van der Waals surface area contributed by atoms with Crippen LogP contribution < -0.4 is 0 Å². The van der Waals surface area contributed by atoms with Gasteiger partial charge in [-0.25, -0.2) is 22.9 Å². The highest BCUT2D eigenvalue weighted by atomic mass is 19.3. The number of carbonyl (C=O) groups is 1. The van der Waals surface area contributed by atoms with E-state index >= 15 is 0 Å². The number of hydrogen-bond donors (Lipinski definition) is 1. The lowest BCUT2D eigenvalue weighted by Gasteiger charge is -2.05. The number of aromatic carboxylic acids is 1. The van der Waals surface area contributed by atoms with Crippen LogP contribution in [0.25, 0.3) is 0 Å². The lowest BCUT2D eigenvalue weighted by molar-refractivity contribution is 0.0683. The maximum atomic E-state index is 13.1. The molecule has 0 bridgehead atoms. The van der Waals surface area contributed by atoms with Crippen molar-refractivity contribution in [3.8, 4) is 6.07 Å². The molecule has 1 rings (SSSR count). The lowest BCUT2D eigenvalue weighted by Crippen LogP contribution is -2.09. The molecule has 0 amide bonds. The molecule has 0 fully saturated rings. The van der Waals surface area contributed by atoms with Crippen LogP contribution in [0.1, 0.15) is 28.0 Å². The van der Waals surface area contributed by atoms with E-state index in [9.17, 15) is 18.0 Å². The fraction of sp³-hybridized carbons (Fsp3) is 0.125. The maximum absolute atomic E-state index is 13.1. The number of nitrogens with zero attached hydrogens (tertiary/aromatic N) is 2. The summed E-state index contributed by atoms with van der Waals surface area (Å²) >= 11 is 0. The molecule has 0 spiro atoms. The van der Waals surface area contributed by atoms with E-state index in [-0.39, 0.29) is 0 Å². The summed E-state index contributed by atoms with van der Waals surface area (Å²) in [5.41, 5.74) is -3.03. The molecular formula is C8H3F3N2O2. The molecule has 0 saturated heterocycles. The molecule has 1 N–H and O–H groups in total. The summed E-state index contributed by atoms with van der Waals surface area (Å²) in [4.78, 5) is 13.4. The van der Waals surface area contributed by atoms with Crippen LogP contribution in [-0.2, 0) is 0 Å². The van der Waals surface area contributed by atoms with Gasteiger partial charge in [0.1, 0.15) is 6.07 Å². The molecule has 0 saturated carbocycles. The molecule has 0 aromatic carbocycles. The molecule has 4 nitrogen and oxygen atoms in total. The Bertz CT molecular complexity index is 454. The van der Waals surface area contributed by atoms with Crippen molar-refractivity contribution in [3.63, 3.8) is 0 Å². The third-order valence-corrected chi connectivity index (χ3v) is 1.60. The maximum Gasteiger partial charge on any atom is 0.357 e. The quantitative estimate of drug-likeness (QED) is 0.816. The minimum atomic E-state index is -3.26. The highest BCUT2D eigenvalue weighted by Crippen LogP contribution is 2.26. The third kappa shape index (κ3) is 1.88. The Kier molecular flexibility index (Phi) is 2.90. The van der Waals surface area contributed by atoms with Crippen LogP contribution in [0, 0.1) is 17.1 Å². The fourth-order valence-electron chi connectivity index (χ4n) is 0.953. The Balaban J connectivity index is 3.51. The van der Waals surface area contributed by atoms with Crippen molar-refractivity contribution in [2.45, 2.75) is 6.43 Å². The monoisotopic (exact) mass is 216 g/mol. The first kappa shape index (κ1) is 11.0. The summed E-state index contributed by atoms with van der Waals surface area (Å²) in [6, 6.07) is 1.31. The Hall–Kier alpha value is -2.10. The van der Waals surface area contributed by atoms with Gasteiger partial charge in [-0.3, -0.25) is 0 Å². The molecular weight excluding hydrogens is 213 g/mol. The number of aromatic nitrogens is 1. The number of halogens is 3. The Labute approximate surface area is 81.6 Å². The normalized spacial score (nSPS) is 10.1. The van der Waals surface area contributed by atoms with Crippen molar-refractivity contribution in [2.24, 2.45) is 0 Å². The van der Waals surface area contributed by atoms with E-state index in [0.717, 1.165) is 0 Å². The van der Waals surface area contributed by atoms with Crippen LogP contribution in [0.2, 0.25) is 0 Å². The lowest BCUT2D eigenvalue weighted by atomic mass is 10.1. The van der Waals surface area contributed by atoms with Crippen LogP contribution >= 0.6 is 0 Å². The number of carboxylic acids is 1. The second-order valence-corrected chi connectivity index (χ2v) is 2.47. The van der Waals surface area contributed by atoms with Gasteiger partial charge in [-0.15, -0.1) is 0 Å². The van der Waals surface area contributed by atoms with Crippen LogP contribution in [-0.4, -0.2) is 16.1 Å². The van der Waals surface area contributed by atoms with Gasteiger partial charge in [-0.1, -0.05) is 0 Å². The van der Waals surface area contributed by atoms with Crippen molar-refractivity contribution in [1.29, 1.82) is 5.26 Å². The van der Waals surface area contributed by atoms with Gasteiger partial charge < -0.3 is 5.11 Å². The first-order valence-electron chi connectivity index (χ1n) is 3.59. The summed E-state index contributed by atoms with van der Waals surface area (Å²) in [7, 11) is 0.